The molecule has 0 N–H and O–H groups in total. The van der Waals surface area contributed by atoms with Crippen molar-refractivity contribution in [1.29, 1.82) is 0 Å². The highest BCUT2D eigenvalue weighted by Crippen LogP contribution is 2.37. The van der Waals surface area contributed by atoms with Crippen molar-refractivity contribution in [3.63, 3.8) is 0 Å². The van der Waals surface area contributed by atoms with E-state index in [1.807, 2.05) is 0 Å². The normalized spacial score (nSPS) is 25.9. The summed E-state index contributed by atoms with van der Waals surface area (Å²) in [6.45, 7) is 3.43. The molecule has 4 heteroatoms. The molecule has 4 rings (SSSR count). The third-order valence-corrected chi connectivity index (χ3v) is 6.27. The molecule has 2 atom stereocenters. The van der Waals surface area contributed by atoms with Crippen molar-refractivity contribution in [2.75, 3.05) is 31.6 Å². The van der Waals surface area contributed by atoms with Crippen molar-refractivity contribution in [1.82, 2.24) is 4.90 Å². The van der Waals surface area contributed by atoms with Gasteiger partial charge in [0, 0.05) is 16.9 Å². The third kappa shape index (κ3) is 4.29. The van der Waals surface area contributed by atoms with Gasteiger partial charge in [0.1, 0.15) is 0 Å². The molecule has 0 aliphatic carbocycles. The van der Waals surface area contributed by atoms with E-state index in [1.165, 1.54) is 30.4 Å². The summed E-state index contributed by atoms with van der Waals surface area (Å²) in [6, 6.07) is 19.8. The van der Waals surface area contributed by atoms with Crippen molar-refractivity contribution >= 4 is 15.9 Å². The summed E-state index contributed by atoms with van der Waals surface area (Å²) in [5, 5.41) is 0.947. The minimum atomic E-state index is -0.648. The summed E-state index contributed by atoms with van der Waals surface area (Å²) < 4.78 is 12.8. The highest BCUT2D eigenvalue weighted by Gasteiger charge is 2.43. The number of morpholine rings is 1. The maximum absolute atomic E-state index is 6.43. The van der Waals surface area contributed by atoms with Crippen LogP contribution in [-0.4, -0.2) is 42.6 Å². The topological polar surface area (TPSA) is 21.7 Å². The van der Waals surface area contributed by atoms with E-state index in [0.29, 0.717) is 12.6 Å². The van der Waals surface area contributed by atoms with Gasteiger partial charge in [-0.25, -0.2) is 0 Å². The van der Waals surface area contributed by atoms with Crippen LogP contribution in [0.4, 0.5) is 0 Å². The molecule has 3 nitrogen and oxygen atoms in total. The van der Waals surface area contributed by atoms with Gasteiger partial charge in [-0.3, -0.25) is 4.90 Å². The Hall–Kier alpha value is -1.20. The molecule has 2 aliphatic heterocycles. The molecule has 0 amide bonds. The van der Waals surface area contributed by atoms with Gasteiger partial charge in [0.2, 0.25) is 5.79 Å². The lowest BCUT2D eigenvalue weighted by Crippen LogP contribution is -2.57. The molecule has 144 valence electrons. The van der Waals surface area contributed by atoms with Crippen LogP contribution in [0.1, 0.15) is 31.2 Å². The van der Waals surface area contributed by atoms with Crippen molar-refractivity contribution < 1.29 is 9.47 Å². The highest BCUT2D eigenvalue weighted by molar-refractivity contribution is 9.09. The second kappa shape index (κ2) is 8.87. The van der Waals surface area contributed by atoms with Crippen molar-refractivity contribution in [2.24, 2.45) is 0 Å². The summed E-state index contributed by atoms with van der Waals surface area (Å²) in [6.07, 6.45) is 4.82. The maximum atomic E-state index is 6.43. The largest absolute Gasteiger partial charge is 0.345 e. The Morgan fingerprint density at radius 2 is 1.81 bits per heavy atom. The first-order valence-electron chi connectivity index (χ1n) is 10.0. The summed E-state index contributed by atoms with van der Waals surface area (Å²) in [5.74, 6) is -0.648. The molecule has 2 aromatic carbocycles. The quantitative estimate of drug-likeness (QED) is 0.465. The third-order valence-electron chi connectivity index (χ3n) is 5.71. The number of hydrogen-bond donors (Lipinski definition) is 0. The molecule has 2 aromatic rings. The summed E-state index contributed by atoms with van der Waals surface area (Å²) in [5.41, 5.74) is 3.58. The SMILES string of the molecule is BrCCCOC1(c2ccc(-c3ccccc3)cc2)CN2CCCCC2CO1. The van der Waals surface area contributed by atoms with Crippen molar-refractivity contribution in [3.05, 3.63) is 60.2 Å². The predicted octanol–water partition coefficient (Wildman–Crippen LogP) is 5.19. The molecular weight excluding hydrogens is 402 g/mol. The zero-order chi connectivity index (χ0) is 18.5. The molecule has 2 aliphatic rings. The second-order valence-electron chi connectivity index (χ2n) is 7.52. The lowest BCUT2D eigenvalue weighted by molar-refractivity contribution is -0.290. The van der Waals surface area contributed by atoms with Gasteiger partial charge in [0.05, 0.1) is 19.8 Å². The van der Waals surface area contributed by atoms with E-state index >= 15 is 0 Å². The van der Waals surface area contributed by atoms with Crippen LogP contribution in [-0.2, 0) is 15.3 Å². The first-order chi connectivity index (χ1) is 13.3. The van der Waals surface area contributed by atoms with Gasteiger partial charge in [-0.15, -0.1) is 0 Å². The van der Waals surface area contributed by atoms with E-state index in [9.17, 15) is 0 Å². The summed E-state index contributed by atoms with van der Waals surface area (Å²) >= 11 is 3.51. The number of rotatable bonds is 6. The Morgan fingerprint density at radius 3 is 2.59 bits per heavy atom. The van der Waals surface area contributed by atoms with Gasteiger partial charge in [0.15, 0.2) is 0 Å². The maximum Gasteiger partial charge on any atom is 0.208 e. The van der Waals surface area contributed by atoms with Crippen molar-refractivity contribution in [2.45, 2.75) is 37.5 Å². The van der Waals surface area contributed by atoms with Crippen LogP contribution >= 0.6 is 15.9 Å². The Balaban J connectivity index is 1.58. The summed E-state index contributed by atoms with van der Waals surface area (Å²) in [7, 11) is 0. The first-order valence-corrected chi connectivity index (χ1v) is 11.2. The van der Waals surface area contributed by atoms with Crippen LogP contribution in [0.15, 0.2) is 54.6 Å². The van der Waals surface area contributed by atoms with Crippen molar-refractivity contribution in [3.8, 4) is 11.1 Å². The number of halogens is 1. The minimum Gasteiger partial charge on any atom is -0.345 e. The van der Waals surface area contributed by atoms with Crippen LogP contribution < -0.4 is 0 Å². The number of nitrogens with zero attached hydrogens (tertiary/aromatic N) is 1. The number of alkyl halides is 1. The lowest BCUT2D eigenvalue weighted by atomic mass is 9.95. The minimum absolute atomic E-state index is 0.551. The van der Waals surface area contributed by atoms with Gasteiger partial charge in [-0.1, -0.05) is 76.9 Å². The standard InChI is InChI=1S/C23H28BrNO2/c24-14-6-16-26-23(18-25-15-5-4-9-22(25)17-27-23)21-12-10-20(11-13-21)19-7-2-1-3-8-19/h1-3,7-8,10-13,22H,4-6,9,14-18H2. The van der Waals surface area contributed by atoms with Crippen LogP contribution in [0.5, 0.6) is 0 Å². The Labute approximate surface area is 170 Å². The van der Waals surface area contributed by atoms with Crippen LogP contribution in [0.25, 0.3) is 11.1 Å². The van der Waals surface area contributed by atoms with E-state index < -0.39 is 5.79 Å². The molecule has 0 saturated carbocycles. The van der Waals surface area contributed by atoms with E-state index in [2.05, 4.69) is 75.4 Å². The fourth-order valence-electron chi connectivity index (χ4n) is 4.18. The van der Waals surface area contributed by atoms with Crippen LogP contribution in [0, 0.1) is 0 Å². The van der Waals surface area contributed by atoms with E-state index in [0.717, 1.165) is 37.0 Å². The second-order valence-corrected chi connectivity index (χ2v) is 8.31. The molecule has 27 heavy (non-hydrogen) atoms. The van der Waals surface area contributed by atoms with Gasteiger partial charge >= 0.3 is 0 Å². The molecule has 0 aromatic heterocycles. The average Bonchev–Trinajstić information content (AvgIpc) is 2.74. The van der Waals surface area contributed by atoms with Crippen LogP contribution in [0.3, 0.4) is 0 Å². The number of benzene rings is 2. The fraction of sp³-hybridized carbons (Fsp3) is 0.478. The smallest absolute Gasteiger partial charge is 0.208 e. The number of fused-ring (bicyclic) bond motifs is 1. The molecule has 0 radical (unpaired) electrons. The average molecular weight is 430 g/mol. The first kappa shape index (κ1) is 19.1. The van der Waals surface area contributed by atoms with E-state index in [1.54, 1.807) is 0 Å². The molecule has 0 spiro atoms. The Kier molecular flexibility index (Phi) is 6.28. The highest BCUT2D eigenvalue weighted by atomic mass is 79.9. The predicted molar refractivity (Wildman–Crippen MR) is 113 cm³/mol. The molecular formula is C23H28BrNO2. The van der Waals surface area contributed by atoms with E-state index in [-0.39, 0.29) is 0 Å². The molecule has 0 bridgehead atoms. The molecule has 2 saturated heterocycles. The van der Waals surface area contributed by atoms with Gasteiger partial charge in [-0.05, 0) is 36.9 Å². The Bertz CT molecular complexity index is 717. The number of hydrogen-bond acceptors (Lipinski definition) is 3. The molecule has 2 heterocycles. The lowest BCUT2D eigenvalue weighted by Gasteiger charge is -2.48. The Morgan fingerprint density at radius 1 is 1.04 bits per heavy atom. The van der Waals surface area contributed by atoms with Crippen LogP contribution in [0.2, 0.25) is 0 Å². The molecule has 2 unspecified atom stereocenters. The monoisotopic (exact) mass is 429 g/mol. The van der Waals surface area contributed by atoms with Gasteiger partial charge in [-0.2, -0.15) is 0 Å². The number of ether oxygens (including phenoxy) is 2. The number of piperidine rings is 1. The van der Waals surface area contributed by atoms with Gasteiger partial charge < -0.3 is 9.47 Å². The molecule has 2 fully saturated rings. The summed E-state index contributed by atoms with van der Waals surface area (Å²) in [4.78, 5) is 2.58. The zero-order valence-electron chi connectivity index (χ0n) is 15.8. The van der Waals surface area contributed by atoms with E-state index in [4.69, 9.17) is 9.47 Å². The fourth-order valence-corrected chi connectivity index (χ4v) is 4.41. The zero-order valence-corrected chi connectivity index (χ0v) is 17.4. The van der Waals surface area contributed by atoms with Gasteiger partial charge in [0.25, 0.3) is 0 Å².